The predicted octanol–water partition coefficient (Wildman–Crippen LogP) is 4.01. The van der Waals surface area contributed by atoms with Crippen molar-refractivity contribution in [3.8, 4) is 0 Å². The van der Waals surface area contributed by atoms with E-state index in [0.29, 0.717) is 10.8 Å². The average Bonchev–Trinajstić information content (AvgIpc) is 3.25. The van der Waals surface area contributed by atoms with Crippen LogP contribution in [0.5, 0.6) is 0 Å². The first kappa shape index (κ1) is 22.6. The molecule has 3 rings (SSSR count). The Kier molecular flexibility index (Phi) is 6.84. The summed E-state index contributed by atoms with van der Waals surface area (Å²) in [4.78, 5) is 22.5. The van der Waals surface area contributed by atoms with Gasteiger partial charge in [-0.2, -0.15) is 0 Å². The van der Waals surface area contributed by atoms with Crippen LogP contribution in [0.4, 0.5) is 11.4 Å². The van der Waals surface area contributed by atoms with Crippen LogP contribution in [-0.2, 0) is 21.4 Å². The van der Waals surface area contributed by atoms with Crippen molar-refractivity contribution in [2.75, 3.05) is 10.8 Å². The monoisotopic (exact) mass is 483 g/mol. The first-order valence-electron chi connectivity index (χ1n) is 8.70. The lowest BCUT2D eigenvalue weighted by Crippen LogP contribution is -2.40. The number of amides is 1. The molecule has 3 aromatic rings. The summed E-state index contributed by atoms with van der Waals surface area (Å²) in [6.07, 6.45) is 1.44. The zero-order valence-electron chi connectivity index (χ0n) is 15.7. The lowest BCUT2D eigenvalue weighted by Gasteiger charge is -2.24. The maximum absolute atomic E-state index is 13.3. The molecule has 0 saturated carbocycles. The van der Waals surface area contributed by atoms with Crippen LogP contribution >= 0.6 is 23.2 Å². The second-order valence-corrected chi connectivity index (χ2v) is 8.92. The maximum Gasteiger partial charge on any atom is 0.289 e. The van der Waals surface area contributed by atoms with Crippen molar-refractivity contribution >= 4 is 50.5 Å². The predicted molar refractivity (Wildman–Crippen MR) is 115 cm³/mol. The van der Waals surface area contributed by atoms with E-state index >= 15 is 0 Å². The van der Waals surface area contributed by atoms with E-state index in [0.717, 1.165) is 22.5 Å². The Morgan fingerprint density at radius 1 is 1.13 bits per heavy atom. The van der Waals surface area contributed by atoms with Crippen LogP contribution < -0.4 is 9.62 Å². The molecule has 1 amide bonds. The quantitative estimate of drug-likeness (QED) is 0.381. The van der Waals surface area contributed by atoms with Crippen LogP contribution in [0.25, 0.3) is 0 Å². The van der Waals surface area contributed by atoms with Gasteiger partial charge in [-0.05, 0) is 48.5 Å². The van der Waals surface area contributed by atoms with Gasteiger partial charge in [0.25, 0.3) is 15.7 Å². The van der Waals surface area contributed by atoms with E-state index < -0.39 is 38.0 Å². The molecule has 0 fully saturated rings. The minimum Gasteiger partial charge on any atom is -0.467 e. The van der Waals surface area contributed by atoms with Gasteiger partial charge in [-0.25, -0.2) is 8.42 Å². The molecule has 162 valence electrons. The lowest BCUT2D eigenvalue weighted by atomic mass is 10.3. The molecule has 0 aliphatic rings. The normalized spacial score (nSPS) is 11.2. The van der Waals surface area contributed by atoms with Crippen molar-refractivity contribution in [3.05, 3.63) is 86.8 Å². The van der Waals surface area contributed by atoms with Crippen LogP contribution in [0, 0.1) is 10.1 Å². The summed E-state index contributed by atoms with van der Waals surface area (Å²) < 4.78 is 32.6. The summed E-state index contributed by atoms with van der Waals surface area (Å²) in [7, 11) is -4.36. The molecule has 0 radical (unpaired) electrons. The zero-order valence-corrected chi connectivity index (χ0v) is 18.0. The number of hydrogen-bond acceptors (Lipinski definition) is 6. The molecule has 12 heteroatoms. The van der Waals surface area contributed by atoms with Gasteiger partial charge in [-0.3, -0.25) is 19.2 Å². The number of carbonyl (C=O) groups excluding carboxylic acids is 1. The van der Waals surface area contributed by atoms with E-state index in [-0.39, 0.29) is 17.3 Å². The summed E-state index contributed by atoms with van der Waals surface area (Å²) in [5.74, 6) is -0.124. The van der Waals surface area contributed by atoms with E-state index in [1.807, 2.05) is 0 Å². The number of rotatable bonds is 8. The number of nitro groups is 1. The fraction of sp³-hybridized carbons (Fsp3) is 0.105. The molecule has 0 aliphatic heterocycles. The van der Waals surface area contributed by atoms with Gasteiger partial charge in [-0.1, -0.05) is 23.2 Å². The highest BCUT2D eigenvalue weighted by Crippen LogP contribution is 2.30. The van der Waals surface area contributed by atoms with Crippen molar-refractivity contribution in [3.63, 3.8) is 0 Å². The molecular formula is C19H15Cl2N3O6S. The first-order valence-corrected chi connectivity index (χ1v) is 10.9. The molecule has 1 N–H and O–H groups in total. The molecule has 1 heterocycles. The van der Waals surface area contributed by atoms with Gasteiger partial charge in [-0.15, -0.1) is 0 Å². The molecule has 0 spiro atoms. The van der Waals surface area contributed by atoms with Crippen molar-refractivity contribution in [1.29, 1.82) is 0 Å². The topological polar surface area (TPSA) is 123 Å². The zero-order chi connectivity index (χ0) is 22.6. The van der Waals surface area contributed by atoms with Crippen LogP contribution in [0.3, 0.4) is 0 Å². The lowest BCUT2D eigenvalue weighted by molar-refractivity contribution is -0.384. The number of hydrogen-bond donors (Lipinski definition) is 1. The van der Waals surface area contributed by atoms with Gasteiger partial charge in [0.15, 0.2) is 0 Å². The van der Waals surface area contributed by atoms with E-state index in [1.165, 1.54) is 30.5 Å². The molecule has 0 atom stereocenters. The van der Waals surface area contributed by atoms with E-state index in [4.69, 9.17) is 27.6 Å². The first-order chi connectivity index (χ1) is 14.7. The average molecular weight is 484 g/mol. The van der Waals surface area contributed by atoms with Crippen molar-refractivity contribution in [2.24, 2.45) is 0 Å². The van der Waals surface area contributed by atoms with Gasteiger partial charge in [0.1, 0.15) is 17.3 Å². The number of sulfonamides is 1. The molecule has 2 aromatic carbocycles. The van der Waals surface area contributed by atoms with Gasteiger partial charge in [0, 0.05) is 11.1 Å². The summed E-state index contributed by atoms with van der Waals surface area (Å²) in [6.45, 7) is -0.520. The third-order valence-electron chi connectivity index (χ3n) is 4.14. The third kappa shape index (κ3) is 5.35. The summed E-state index contributed by atoms with van der Waals surface area (Å²) in [6, 6.07) is 12.2. The van der Waals surface area contributed by atoms with Crippen LogP contribution in [0.1, 0.15) is 5.76 Å². The number of carbonyl (C=O) groups is 1. The highest BCUT2D eigenvalue weighted by Gasteiger charge is 2.29. The summed E-state index contributed by atoms with van der Waals surface area (Å²) >= 11 is 11.7. The summed E-state index contributed by atoms with van der Waals surface area (Å²) in [5, 5.41) is 13.9. The maximum atomic E-state index is 13.3. The number of nitro benzene ring substituents is 1. The highest BCUT2D eigenvalue weighted by atomic mass is 35.5. The minimum absolute atomic E-state index is 0.0623. The SMILES string of the molecule is O=C(CN(c1ccc(Cl)cc1)S(=O)(=O)c1ccc(Cl)c([N+](=O)[O-])c1)NCc1ccco1. The number of halogens is 2. The molecule has 0 saturated heterocycles. The Morgan fingerprint density at radius 3 is 2.45 bits per heavy atom. The second-order valence-electron chi connectivity index (χ2n) is 6.21. The van der Waals surface area contributed by atoms with E-state index in [1.54, 1.807) is 12.1 Å². The van der Waals surface area contributed by atoms with Crippen molar-refractivity contribution in [2.45, 2.75) is 11.4 Å². The van der Waals surface area contributed by atoms with E-state index in [2.05, 4.69) is 5.32 Å². The number of nitrogens with one attached hydrogen (secondary N) is 1. The smallest absolute Gasteiger partial charge is 0.289 e. The number of benzene rings is 2. The van der Waals surface area contributed by atoms with E-state index in [9.17, 15) is 23.3 Å². The standard InChI is InChI=1S/C19H15Cl2N3O6S/c20-13-3-5-14(6-4-13)23(12-19(25)22-11-15-2-1-9-30-15)31(28,29)16-7-8-17(21)18(10-16)24(26)27/h1-10H,11-12H2,(H,22,25). The van der Waals surface area contributed by atoms with Gasteiger partial charge < -0.3 is 9.73 Å². The Balaban J connectivity index is 1.95. The second kappa shape index (κ2) is 9.38. The fourth-order valence-corrected chi connectivity index (χ4v) is 4.38. The number of nitrogens with zero attached hydrogens (tertiary/aromatic N) is 2. The van der Waals surface area contributed by atoms with Crippen LogP contribution in [0.15, 0.2) is 70.2 Å². The van der Waals surface area contributed by atoms with Gasteiger partial charge in [0.05, 0.1) is 28.3 Å². The number of furan rings is 1. The molecule has 0 aliphatic carbocycles. The number of anilines is 1. The van der Waals surface area contributed by atoms with Gasteiger partial charge >= 0.3 is 0 Å². The Morgan fingerprint density at radius 2 is 1.84 bits per heavy atom. The van der Waals surface area contributed by atoms with Gasteiger partial charge in [0.2, 0.25) is 5.91 Å². The third-order valence-corrected chi connectivity index (χ3v) is 6.49. The van der Waals surface area contributed by atoms with Crippen molar-refractivity contribution < 1.29 is 22.6 Å². The van der Waals surface area contributed by atoms with Crippen LogP contribution in [-0.4, -0.2) is 25.8 Å². The Labute approximate surface area is 187 Å². The van der Waals surface area contributed by atoms with Crippen molar-refractivity contribution in [1.82, 2.24) is 5.32 Å². The Bertz CT molecular complexity index is 1200. The fourth-order valence-electron chi connectivity index (χ4n) is 2.63. The largest absolute Gasteiger partial charge is 0.467 e. The molecule has 0 bridgehead atoms. The molecule has 1 aromatic heterocycles. The molecule has 0 unspecified atom stereocenters. The van der Waals surface area contributed by atoms with Crippen LogP contribution in [0.2, 0.25) is 10.0 Å². The molecule has 9 nitrogen and oxygen atoms in total. The molecule has 31 heavy (non-hydrogen) atoms. The summed E-state index contributed by atoms with van der Waals surface area (Å²) in [5.41, 5.74) is -0.420. The highest BCUT2D eigenvalue weighted by molar-refractivity contribution is 7.92. The molecular weight excluding hydrogens is 469 g/mol. The Hall–Kier alpha value is -3.08. The minimum atomic E-state index is -4.36.